The lowest BCUT2D eigenvalue weighted by Crippen LogP contribution is -2.45. The van der Waals surface area contributed by atoms with Gasteiger partial charge in [-0.2, -0.15) is 8.42 Å². The van der Waals surface area contributed by atoms with E-state index in [0.29, 0.717) is 0 Å². The molecule has 2 rings (SSSR count). The Bertz CT molecular complexity index is 1090. The molecule has 2 aromatic rings. The molecule has 33 heavy (non-hydrogen) atoms. The van der Waals surface area contributed by atoms with Crippen LogP contribution < -0.4 is 9.92 Å². The third-order valence-corrected chi connectivity index (χ3v) is 5.64. The number of nitrogens with two attached hydrogens (primary N) is 1. The van der Waals surface area contributed by atoms with Crippen molar-refractivity contribution in [3.05, 3.63) is 59.7 Å². The zero-order valence-corrected chi connectivity index (χ0v) is 20.5. The highest BCUT2D eigenvalue weighted by atomic mass is 32.2. The van der Waals surface area contributed by atoms with Crippen molar-refractivity contribution in [1.29, 1.82) is 0 Å². The number of aryl methyl sites for hydroxylation is 1. The Morgan fingerprint density at radius 1 is 0.970 bits per heavy atom. The standard InChI is InChI=1S/C24H31NO7S/c1-15(2)30-22(26)20(21(25)23(27)31-24(4,5)6)17-8-7-9-18(14-17)32-33(28,29)19-12-10-16(3)11-13-19/h7-15,20-21H,25H2,1-6H3. The molecule has 0 saturated carbocycles. The van der Waals surface area contributed by atoms with Gasteiger partial charge in [0.1, 0.15) is 28.2 Å². The summed E-state index contributed by atoms with van der Waals surface area (Å²) in [5.41, 5.74) is 6.48. The van der Waals surface area contributed by atoms with Gasteiger partial charge in [0.25, 0.3) is 0 Å². The fourth-order valence-corrected chi connectivity index (χ4v) is 3.86. The van der Waals surface area contributed by atoms with Crippen molar-refractivity contribution >= 4 is 22.1 Å². The predicted molar refractivity (Wildman–Crippen MR) is 123 cm³/mol. The fourth-order valence-electron chi connectivity index (χ4n) is 2.94. The number of rotatable bonds is 8. The average Bonchev–Trinajstić information content (AvgIpc) is 2.66. The van der Waals surface area contributed by atoms with Crippen LogP contribution in [0.1, 0.15) is 51.7 Å². The van der Waals surface area contributed by atoms with Crippen LogP contribution in [0.3, 0.4) is 0 Å². The minimum atomic E-state index is -4.11. The average molecular weight is 478 g/mol. The molecule has 0 saturated heterocycles. The summed E-state index contributed by atoms with van der Waals surface area (Å²) in [6.07, 6.45) is -0.452. The molecule has 0 radical (unpaired) electrons. The van der Waals surface area contributed by atoms with Crippen molar-refractivity contribution < 1.29 is 31.7 Å². The maximum atomic E-state index is 12.8. The second-order valence-corrected chi connectivity index (χ2v) is 10.5. The monoisotopic (exact) mass is 477 g/mol. The van der Waals surface area contributed by atoms with E-state index in [1.54, 1.807) is 52.8 Å². The van der Waals surface area contributed by atoms with E-state index in [4.69, 9.17) is 19.4 Å². The molecule has 2 aromatic carbocycles. The maximum absolute atomic E-state index is 12.8. The van der Waals surface area contributed by atoms with Crippen molar-refractivity contribution in [2.75, 3.05) is 0 Å². The minimum Gasteiger partial charge on any atom is -0.462 e. The fraction of sp³-hybridized carbons (Fsp3) is 0.417. The molecule has 2 unspecified atom stereocenters. The summed E-state index contributed by atoms with van der Waals surface area (Å²) in [6.45, 7) is 10.2. The first-order valence-electron chi connectivity index (χ1n) is 10.5. The Kier molecular flexibility index (Phi) is 8.26. The molecular weight excluding hydrogens is 446 g/mol. The van der Waals surface area contributed by atoms with Crippen LogP contribution in [-0.2, 0) is 29.2 Å². The summed E-state index contributed by atoms with van der Waals surface area (Å²) >= 11 is 0. The highest BCUT2D eigenvalue weighted by Gasteiger charge is 2.37. The largest absolute Gasteiger partial charge is 0.462 e. The van der Waals surface area contributed by atoms with Crippen molar-refractivity contribution in [1.82, 2.24) is 0 Å². The third kappa shape index (κ3) is 7.57. The summed E-state index contributed by atoms with van der Waals surface area (Å²) in [7, 11) is -4.11. The van der Waals surface area contributed by atoms with Gasteiger partial charge in [-0.25, -0.2) is 0 Å². The van der Waals surface area contributed by atoms with Crippen LogP contribution in [-0.4, -0.2) is 38.1 Å². The zero-order chi connectivity index (χ0) is 25.0. The molecule has 0 heterocycles. The summed E-state index contributed by atoms with van der Waals surface area (Å²) in [6, 6.07) is 10.6. The van der Waals surface area contributed by atoms with E-state index >= 15 is 0 Å². The van der Waals surface area contributed by atoms with Gasteiger partial charge < -0.3 is 19.4 Å². The van der Waals surface area contributed by atoms with Gasteiger partial charge in [0.2, 0.25) is 0 Å². The van der Waals surface area contributed by atoms with Crippen LogP contribution in [0.25, 0.3) is 0 Å². The van der Waals surface area contributed by atoms with Gasteiger partial charge in [0, 0.05) is 0 Å². The van der Waals surface area contributed by atoms with E-state index in [0.717, 1.165) is 5.56 Å². The Hall–Kier alpha value is -2.91. The van der Waals surface area contributed by atoms with Gasteiger partial charge in [0.05, 0.1) is 6.10 Å². The molecule has 0 aliphatic heterocycles. The van der Waals surface area contributed by atoms with Gasteiger partial charge in [-0.15, -0.1) is 0 Å². The van der Waals surface area contributed by atoms with E-state index in [1.165, 1.54) is 30.3 Å². The first-order valence-corrected chi connectivity index (χ1v) is 11.9. The maximum Gasteiger partial charge on any atom is 0.339 e. The number of benzene rings is 2. The minimum absolute atomic E-state index is 0.0141. The van der Waals surface area contributed by atoms with E-state index < -0.39 is 45.7 Å². The second kappa shape index (κ2) is 10.4. The normalized spacial score (nSPS) is 13.8. The Balaban J connectivity index is 2.40. The Morgan fingerprint density at radius 2 is 1.58 bits per heavy atom. The third-order valence-electron chi connectivity index (χ3n) is 4.38. The lowest BCUT2D eigenvalue weighted by atomic mass is 9.91. The smallest absolute Gasteiger partial charge is 0.339 e. The summed E-state index contributed by atoms with van der Waals surface area (Å²) < 4.78 is 41.2. The first-order chi connectivity index (χ1) is 15.2. The van der Waals surface area contributed by atoms with E-state index in [-0.39, 0.29) is 16.2 Å². The topological polar surface area (TPSA) is 122 Å². The summed E-state index contributed by atoms with van der Waals surface area (Å²) in [4.78, 5) is 25.4. The SMILES string of the molecule is Cc1ccc(S(=O)(=O)Oc2cccc(C(C(=O)OC(C)C)C(N)C(=O)OC(C)(C)C)c2)cc1. The molecule has 2 atom stereocenters. The molecule has 9 heteroatoms. The molecule has 0 fully saturated rings. The van der Waals surface area contributed by atoms with Crippen molar-refractivity contribution in [2.24, 2.45) is 5.73 Å². The van der Waals surface area contributed by atoms with Gasteiger partial charge >= 0.3 is 22.1 Å². The predicted octanol–water partition coefficient (Wildman–Crippen LogP) is 3.47. The number of carbonyl (C=O) groups is 2. The van der Waals surface area contributed by atoms with Gasteiger partial charge in [-0.1, -0.05) is 29.8 Å². The van der Waals surface area contributed by atoms with Gasteiger partial charge in [-0.3, -0.25) is 9.59 Å². The lowest BCUT2D eigenvalue weighted by molar-refractivity contribution is -0.162. The quantitative estimate of drug-likeness (QED) is 0.453. The molecule has 0 aliphatic carbocycles. The van der Waals surface area contributed by atoms with E-state index in [9.17, 15) is 18.0 Å². The van der Waals surface area contributed by atoms with Gasteiger partial charge in [0.15, 0.2) is 0 Å². The van der Waals surface area contributed by atoms with Crippen LogP contribution >= 0.6 is 0 Å². The number of esters is 2. The molecule has 0 spiro atoms. The van der Waals surface area contributed by atoms with Crippen LogP contribution in [0.15, 0.2) is 53.4 Å². The Morgan fingerprint density at radius 3 is 2.12 bits per heavy atom. The van der Waals surface area contributed by atoms with Crippen LogP contribution in [0.5, 0.6) is 5.75 Å². The highest BCUT2D eigenvalue weighted by Crippen LogP contribution is 2.28. The second-order valence-electron chi connectivity index (χ2n) is 8.95. The Labute approximate surface area is 195 Å². The molecule has 0 bridgehead atoms. The lowest BCUT2D eigenvalue weighted by Gasteiger charge is -2.27. The number of hydrogen-bond acceptors (Lipinski definition) is 8. The number of ether oxygens (including phenoxy) is 2. The van der Waals surface area contributed by atoms with Gasteiger partial charge in [-0.05, 0) is 71.4 Å². The van der Waals surface area contributed by atoms with Crippen molar-refractivity contribution in [2.45, 2.75) is 70.1 Å². The van der Waals surface area contributed by atoms with Crippen LogP contribution in [0.4, 0.5) is 0 Å². The molecule has 2 N–H and O–H groups in total. The zero-order valence-electron chi connectivity index (χ0n) is 19.7. The summed E-state index contributed by atoms with van der Waals surface area (Å²) in [5.74, 6) is -2.78. The van der Waals surface area contributed by atoms with Crippen LogP contribution in [0.2, 0.25) is 0 Å². The first kappa shape index (κ1) is 26.3. The van der Waals surface area contributed by atoms with E-state index in [2.05, 4.69) is 0 Å². The molecule has 0 aliphatic rings. The number of hydrogen-bond donors (Lipinski definition) is 1. The van der Waals surface area contributed by atoms with Crippen molar-refractivity contribution in [3.63, 3.8) is 0 Å². The summed E-state index contributed by atoms with van der Waals surface area (Å²) in [5, 5.41) is 0. The molecule has 180 valence electrons. The van der Waals surface area contributed by atoms with E-state index in [1.807, 2.05) is 6.92 Å². The molecular formula is C24H31NO7S. The molecule has 0 aromatic heterocycles. The molecule has 0 amide bonds. The molecule has 8 nitrogen and oxygen atoms in total. The van der Waals surface area contributed by atoms with Crippen LogP contribution in [0, 0.1) is 6.92 Å². The number of carbonyl (C=O) groups excluding carboxylic acids is 2. The highest BCUT2D eigenvalue weighted by molar-refractivity contribution is 7.87. The van der Waals surface area contributed by atoms with Crippen molar-refractivity contribution in [3.8, 4) is 5.75 Å².